The molecular weight excluding hydrogens is 276 g/mol. The molecule has 0 unspecified atom stereocenters. The lowest BCUT2D eigenvalue weighted by molar-refractivity contribution is 0.396. The lowest BCUT2D eigenvalue weighted by atomic mass is 10.2. The summed E-state index contributed by atoms with van der Waals surface area (Å²) < 4.78 is 29.7. The van der Waals surface area contributed by atoms with Crippen molar-refractivity contribution in [2.24, 2.45) is 0 Å². The molecule has 0 radical (unpaired) electrons. The van der Waals surface area contributed by atoms with Crippen molar-refractivity contribution in [3.8, 4) is 5.88 Å². The number of aryl methyl sites for hydroxylation is 1. The Balaban J connectivity index is 2.35. The summed E-state index contributed by atoms with van der Waals surface area (Å²) >= 11 is 0. The van der Waals surface area contributed by atoms with Crippen molar-refractivity contribution in [3.63, 3.8) is 0 Å². The number of anilines is 1. The Kier molecular flexibility index (Phi) is 3.94. The van der Waals surface area contributed by atoms with Crippen LogP contribution in [0, 0.1) is 6.92 Å². The number of hydrogen-bond donors (Lipinski definition) is 1. The number of rotatable bonds is 4. The van der Waals surface area contributed by atoms with Crippen LogP contribution in [0.5, 0.6) is 5.88 Å². The molecule has 0 atom stereocenters. The van der Waals surface area contributed by atoms with E-state index in [1.165, 1.54) is 13.2 Å². The molecule has 0 saturated carbocycles. The summed E-state index contributed by atoms with van der Waals surface area (Å²) in [6.45, 7) is 1.86. The molecule has 5 nitrogen and oxygen atoms in total. The monoisotopic (exact) mass is 292 g/mol. The Labute approximate surface area is 118 Å². The fourth-order valence-corrected chi connectivity index (χ4v) is 3.27. The number of aromatic nitrogens is 1. The second-order valence-electron chi connectivity index (χ2n) is 4.47. The maximum atomic E-state index is 12.4. The molecule has 0 aliphatic rings. The van der Waals surface area contributed by atoms with Crippen LogP contribution in [0.3, 0.4) is 0 Å². The summed E-state index contributed by atoms with van der Waals surface area (Å²) in [6, 6.07) is 9.91. The predicted molar refractivity (Wildman–Crippen MR) is 77.3 cm³/mol. The minimum atomic E-state index is -3.53. The van der Waals surface area contributed by atoms with Crippen LogP contribution in [0.2, 0.25) is 0 Å². The molecule has 0 aliphatic carbocycles. The number of methoxy groups -OCH3 is 1. The summed E-state index contributed by atoms with van der Waals surface area (Å²) in [5, 5.41) is 0. The van der Waals surface area contributed by atoms with E-state index in [1.54, 1.807) is 30.3 Å². The number of hydrogen-bond acceptors (Lipinski definition) is 5. The van der Waals surface area contributed by atoms with E-state index in [0.29, 0.717) is 11.6 Å². The highest BCUT2D eigenvalue weighted by molar-refractivity contribution is 7.90. The van der Waals surface area contributed by atoms with E-state index in [2.05, 4.69) is 4.98 Å². The third kappa shape index (κ3) is 3.08. The third-order valence-electron chi connectivity index (χ3n) is 2.83. The van der Waals surface area contributed by atoms with Crippen LogP contribution in [-0.2, 0) is 15.6 Å². The average Bonchev–Trinajstić information content (AvgIpc) is 2.37. The van der Waals surface area contributed by atoms with Gasteiger partial charge in [0.05, 0.1) is 29.1 Å². The van der Waals surface area contributed by atoms with Crippen LogP contribution in [0.25, 0.3) is 0 Å². The van der Waals surface area contributed by atoms with Gasteiger partial charge in [-0.2, -0.15) is 0 Å². The number of sulfone groups is 1. The van der Waals surface area contributed by atoms with Gasteiger partial charge in [0.2, 0.25) is 5.88 Å². The molecule has 0 spiro atoms. The molecule has 0 aliphatic heterocycles. The minimum Gasteiger partial charge on any atom is -0.481 e. The van der Waals surface area contributed by atoms with Crippen LogP contribution in [0.4, 0.5) is 5.69 Å². The van der Waals surface area contributed by atoms with Gasteiger partial charge >= 0.3 is 0 Å². The van der Waals surface area contributed by atoms with E-state index in [0.717, 1.165) is 5.56 Å². The number of nitrogen functional groups attached to an aromatic ring is 1. The zero-order chi connectivity index (χ0) is 14.8. The maximum absolute atomic E-state index is 12.4. The second-order valence-corrected chi connectivity index (χ2v) is 6.43. The molecule has 2 rings (SSSR count). The lowest BCUT2D eigenvalue weighted by Crippen LogP contribution is -2.09. The first kappa shape index (κ1) is 14.3. The quantitative estimate of drug-likeness (QED) is 0.871. The van der Waals surface area contributed by atoms with Gasteiger partial charge in [-0.05, 0) is 30.7 Å². The Morgan fingerprint density at radius 2 is 2.00 bits per heavy atom. The Hall–Kier alpha value is -2.08. The van der Waals surface area contributed by atoms with Gasteiger partial charge in [0.25, 0.3) is 0 Å². The smallest absolute Gasteiger partial charge is 0.213 e. The summed E-state index contributed by atoms with van der Waals surface area (Å²) in [6.07, 6.45) is 0. The van der Waals surface area contributed by atoms with Crippen molar-refractivity contribution >= 4 is 15.5 Å². The van der Waals surface area contributed by atoms with E-state index in [4.69, 9.17) is 10.5 Å². The number of nitrogens with zero attached hydrogens (tertiary/aromatic N) is 1. The molecule has 20 heavy (non-hydrogen) atoms. The van der Waals surface area contributed by atoms with Crippen LogP contribution in [0.1, 0.15) is 11.3 Å². The molecule has 6 heteroatoms. The van der Waals surface area contributed by atoms with E-state index >= 15 is 0 Å². The van der Waals surface area contributed by atoms with Gasteiger partial charge in [0, 0.05) is 6.07 Å². The summed E-state index contributed by atoms with van der Waals surface area (Å²) in [4.78, 5) is 4.24. The van der Waals surface area contributed by atoms with E-state index in [-0.39, 0.29) is 16.3 Å². The van der Waals surface area contributed by atoms with Crippen molar-refractivity contribution < 1.29 is 13.2 Å². The first-order valence-corrected chi connectivity index (χ1v) is 7.66. The highest BCUT2D eigenvalue weighted by atomic mass is 32.2. The van der Waals surface area contributed by atoms with Gasteiger partial charge in [0.1, 0.15) is 0 Å². The molecule has 1 aromatic carbocycles. The zero-order valence-electron chi connectivity index (χ0n) is 11.3. The Bertz CT molecular complexity index is 727. The van der Waals surface area contributed by atoms with Crippen molar-refractivity contribution in [3.05, 3.63) is 47.7 Å². The summed E-state index contributed by atoms with van der Waals surface area (Å²) in [5.41, 5.74) is 7.39. The molecule has 2 aromatic rings. The van der Waals surface area contributed by atoms with Gasteiger partial charge < -0.3 is 10.5 Å². The van der Waals surface area contributed by atoms with E-state index in [9.17, 15) is 8.42 Å². The van der Waals surface area contributed by atoms with Gasteiger partial charge in [0.15, 0.2) is 9.84 Å². The number of benzene rings is 1. The summed E-state index contributed by atoms with van der Waals surface area (Å²) in [5.74, 6) is 0.173. The summed E-state index contributed by atoms with van der Waals surface area (Å²) in [7, 11) is -2.04. The fraction of sp³-hybridized carbons (Fsp3) is 0.214. The first-order valence-electron chi connectivity index (χ1n) is 6.01. The predicted octanol–water partition coefficient (Wildman–Crippen LogP) is 1.95. The van der Waals surface area contributed by atoms with Gasteiger partial charge in [-0.25, -0.2) is 13.4 Å². The molecule has 0 bridgehead atoms. The Morgan fingerprint density at radius 1 is 1.25 bits per heavy atom. The van der Waals surface area contributed by atoms with E-state index < -0.39 is 9.84 Å². The van der Waals surface area contributed by atoms with Crippen LogP contribution in [-0.4, -0.2) is 20.5 Å². The van der Waals surface area contributed by atoms with Crippen molar-refractivity contribution in [1.29, 1.82) is 0 Å². The number of pyridine rings is 1. The highest BCUT2D eigenvalue weighted by Crippen LogP contribution is 2.23. The zero-order valence-corrected chi connectivity index (χ0v) is 12.1. The molecule has 2 N–H and O–H groups in total. The molecule has 1 heterocycles. The van der Waals surface area contributed by atoms with Gasteiger partial charge in [-0.3, -0.25) is 0 Å². The van der Waals surface area contributed by atoms with Crippen molar-refractivity contribution in [2.45, 2.75) is 17.6 Å². The maximum Gasteiger partial charge on any atom is 0.213 e. The van der Waals surface area contributed by atoms with Crippen LogP contribution >= 0.6 is 0 Å². The lowest BCUT2D eigenvalue weighted by Gasteiger charge is -2.08. The standard InChI is InChI=1S/C14H16N2O3S/c1-10-6-7-13(12(15)8-10)20(17,18)9-11-4-3-5-14(16-11)19-2/h3-8H,9,15H2,1-2H3. The average molecular weight is 292 g/mol. The van der Waals surface area contributed by atoms with Gasteiger partial charge in [-0.1, -0.05) is 12.1 Å². The molecule has 0 fully saturated rings. The highest BCUT2D eigenvalue weighted by Gasteiger charge is 2.19. The third-order valence-corrected chi connectivity index (χ3v) is 4.55. The van der Waals surface area contributed by atoms with Crippen LogP contribution < -0.4 is 10.5 Å². The molecule has 106 valence electrons. The second kappa shape index (κ2) is 5.50. The molecule has 0 saturated heterocycles. The topological polar surface area (TPSA) is 82.3 Å². The molecule has 0 amide bonds. The largest absolute Gasteiger partial charge is 0.481 e. The van der Waals surface area contributed by atoms with Gasteiger partial charge in [-0.15, -0.1) is 0 Å². The normalized spacial score (nSPS) is 11.3. The van der Waals surface area contributed by atoms with Crippen molar-refractivity contribution in [1.82, 2.24) is 4.98 Å². The van der Waals surface area contributed by atoms with E-state index in [1.807, 2.05) is 6.92 Å². The SMILES string of the molecule is COc1cccc(CS(=O)(=O)c2ccc(C)cc2N)n1. The van der Waals surface area contributed by atoms with Crippen LogP contribution in [0.15, 0.2) is 41.3 Å². The Morgan fingerprint density at radius 3 is 2.65 bits per heavy atom. The number of nitrogens with two attached hydrogens (primary N) is 1. The minimum absolute atomic E-state index is 0.132. The molecule has 1 aromatic heterocycles. The first-order chi connectivity index (χ1) is 9.42. The number of ether oxygens (including phenoxy) is 1. The fourth-order valence-electron chi connectivity index (χ4n) is 1.88. The molecular formula is C14H16N2O3S. The van der Waals surface area contributed by atoms with Crippen molar-refractivity contribution in [2.75, 3.05) is 12.8 Å².